The van der Waals surface area contributed by atoms with Crippen LogP contribution in [-0.4, -0.2) is 26.2 Å². The Balaban J connectivity index is 1.64. The Morgan fingerprint density at radius 2 is 1.79 bits per heavy atom. The zero-order valence-corrected chi connectivity index (χ0v) is 15.3. The van der Waals surface area contributed by atoms with Gasteiger partial charge in [0.05, 0.1) is 25.8 Å². The molecular formula is C19H20F3N3O3. The third-order valence-electron chi connectivity index (χ3n) is 4.52. The average Bonchev–Trinajstić information content (AvgIpc) is 3.17. The van der Waals surface area contributed by atoms with Crippen molar-refractivity contribution in [2.45, 2.75) is 24.7 Å². The summed E-state index contributed by atoms with van der Waals surface area (Å²) in [5, 5.41) is 2.62. The molecule has 2 unspecified atom stereocenters. The van der Waals surface area contributed by atoms with E-state index in [1.54, 1.807) is 26.4 Å². The maximum atomic E-state index is 12.6. The zero-order valence-electron chi connectivity index (χ0n) is 15.3. The molecule has 150 valence electrons. The quantitative estimate of drug-likeness (QED) is 0.725. The van der Waals surface area contributed by atoms with Gasteiger partial charge in [-0.05, 0) is 36.8 Å². The largest absolute Gasteiger partial charge is 0.497 e. The van der Waals surface area contributed by atoms with Crippen LogP contribution in [0.2, 0.25) is 0 Å². The molecule has 0 radical (unpaired) electrons. The van der Waals surface area contributed by atoms with Crippen molar-refractivity contribution in [3.8, 4) is 11.5 Å². The zero-order chi connectivity index (χ0) is 20.3. The molecule has 2 atom stereocenters. The highest BCUT2D eigenvalue weighted by atomic mass is 19.4. The van der Waals surface area contributed by atoms with Gasteiger partial charge in [0.25, 0.3) is 0 Å². The number of halogens is 3. The van der Waals surface area contributed by atoms with Crippen LogP contribution in [0.1, 0.15) is 23.6 Å². The SMILES string of the molecule is COc1ccc(C2CC(C(=O)Nc3ccc(C(F)(F)F)cc3)NN2)c(OC)c1. The van der Waals surface area contributed by atoms with Crippen molar-refractivity contribution in [3.05, 3.63) is 53.6 Å². The molecule has 2 aromatic rings. The average molecular weight is 395 g/mol. The Hall–Kier alpha value is -2.78. The van der Waals surface area contributed by atoms with E-state index in [1.165, 1.54) is 12.1 Å². The first-order valence-corrected chi connectivity index (χ1v) is 8.53. The summed E-state index contributed by atoms with van der Waals surface area (Å²) in [5.41, 5.74) is 6.35. The van der Waals surface area contributed by atoms with Crippen molar-refractivity contribution < 1.29 is 27.4 Å². The second-order valence-electron chi connectivity index (χ2n) is 6.30. The molecule has 1 aliphatic rings. The van der Waals surface area contributed by atoms with Gasteiger partial charge in [-0.15, -0.1) is 0 Å². The lowest BCUT2D eigenvalue weighted by Gasteiger charge is -2.15. The molecule has 1 saturated heterocycles. The molecule has 0 aliphatic carbocycles. The van der Waals surface area contributed by atoms with Gasteiger partial charge in [-0.2, -0.15) is 13.2 Å². The minimum absolute atomic E-state index is 0.177. The van der Waals surface area contributed by atoms with Gasteiger partial charge in [-0.1, -0.05) is 6.07 Å². The van der Waals surface area contributed by atoms with Gasteiger partial charge in [0.2, 0.25) is 5.91 Å². The van der Waals surface area contributed by atoms with Crippen LogP contribution in [0.25, 0.3) is 0 Å². The highest BCUT2D eigenvalue weighted by Gasteiger charge is 2.32. The first-order chi connectivity index (χ1) is 13.3. The number of carbonyl (C=O) groups is 1. The highest BCUT2D eigenvalue weighted by Crippen LogP contribution is 2.33. The molecular weight excluding hydrogens is 375 g/mol. The van der Waals surface area contributed by atoms with E-state index in [1.807, 2.05) is 6.07 Å². The van der Waals surface area contributed by atoms with E-state index in [9.17, 15) is 18.0 Å². The summed E-state index contributed by atoms with van der Waals surface area (Å²) in [5.74, 6) is 0.938. The van der Waals surface area contributed by atoms with Crippen LogP contribution in [0.4, 0.5) is 18.9 Å². The Labute approximate surface area is 160 Å². The summed E-state index contributed by atoms with van der Waals surface area (Å²) in [6, 6.07) is 9.00. The van der Waals surface area contributed by atoms with Crippen molar-refractivity contribution in [2.75, 3.05) is 19.5 Å². The van der Waals surface area contributed by atoms with E-state index in [4.69, 9.17) is 9.47 Å². The third kappa shape index (κ3) is 4.37. The van der Waals surface area contributed by atoms with Crippen molar-refractivity contribution in [2.24, 2.45) is 0 Å². The minimum atomic E-state index is -4.41. The van der Waals surface area contributed by atoms with E-state index in [0.717, 1.165) is 17.7 Å². The monoisotopic (exact) mass is 395 g/mol. The molecule has 1 amide bonds. The van der Waals surface area contributed by atoms with Crippen LogP contribution < -0.4 is 25.6 Å². The Kier molecular flexibility index (Phi) is 5.76. The second-order valence-corrected chi connectivity index (χ2v) is 6.30. The Bertz CT molecular complexity index is 841. The van der Waals surface area contributed by atoms with Crippen LogP contribution >= 0.6 is 0 Å². The van der Waals surface area contributed by atoms with Gasteiger partial charge in [-0.25, -0.2) is 10.9 Å². The van der Waals surface area contributed by atoms with Gasteiger partial charge in [-0.3, -0.25) is 4.79 Å². The van der Waals surface area contributed by atoms with Gasteiger partial charge in [0.1, 0.15) is 17.5 Å². The maximum Gasteiger partial charge on any atom is 0.416 e. The van der Waals surface area contributed by atoms with Gasteiger partial charge < -0.3 is 14.8 Å². The molecule has 6 nitrogen and oxygen atoms in total. The van der Waals surface area contributed by atoms with E-state index in [2.05, 4.69) is 16.2 Å². The number of hydrazine groups is 1. The minimum Gasteiger partial charge on any atom is -0.497 e. The van der Waals surface area contributed by atoms with Crippen LogP contribution in [0.15, 0.2) is 42.5 Å². The molecule has 1 heterocycles. The van der Waals surface area contributed by atoms with Crippen LogP contribution in [0, 0.1) is 0 Å². The smallest absolute Gasteiger partial charge is 0.416 e. The number of nitrogens with one attached hydrogen (secondary N) is 3. The molecule has 0 aromatic heterocycles. The van der Waals surface area contributed by atoms with E-state index >= 15 is 0 Å². The molecule has 1 aliphatic heterocycles. The number of amides is 1. The fourth-order valence-electron chi connectivity index (χ4n) is 3.01. The van der Waals surface area contributed by atoms with Crippen LogP contribution in [-0.2, 0) is 11.0 Å². The molecule has 0 saturated carbocycles. The van der Waals surface area contributed by atoms with Crippen molar-refractivity contribution in [1.29, 1.82) is 0 Å². The predicted octanol–water partition coefficient (Wildman–Crippen LogP) is 3.27. The summed E-state index contributed by atoms with van der Waals surface area (Å²) >= 11 is 0. The molecule has 0 spiro atoms. The molecule has 0 bridgehead atoms. The van der Waals surface area contributed by atoms with E-state index in [0.29, 0.717) is 23.6 Å². The number of benzene rings is 2. The first kappa shape index (κ1) is 20.0. The van der Waals surface area contributed by atoms with Crippen LogP contribution in [0.5, 0.6) is 11.5 Å². The number of hydrogen-bond donors (Lipinski definition) is 3. The molecule has 3 N–H and O–H groups in total. The Morgan fingerprint density at radius 1 is 1.07 bits per heavy atom. The highest BCUT2D eigenvalue weighted by molar-refractivity contribution is 5.95. The summed E-state index contributed by atoms with van der Waals surface area (Å²) in [6.07, 6.45) is -3.97. The van der Waals surface area contributed by atoms with Crippen molar-refractivity contribution >= 4 is 11.6 Å². The lowest BCUT2D eigenvalue weighted by atomic mass is 10.0. The molecule has 2 aromatic carbocycles. The molecule has 9 heteroatoms. The number of alkyl halides is 3. The summed E-state index contributed by atoms with van der Waals surface area (Å²) in [6.45, 7) is 0. The van der Waals surface area contributed by atoms with Gasteiger partial charge in [0, 0.05) is 17.3 Å². The normalized spacial score (nSPS) is 19.3. The number of carbonyl (C=O) groups excluding carboxylic acids is 1. The van der Waals surface area contributed by atoms with Gasteiger partial charge >= 0.3 is 6.18 Å². The van der Waals surface area contributed by atoms with Crippen LogP contribution in [0.3, 0.4) is 0 Å². The molecule has 3 rings (SSSR count). The summed E-state index contributed by atoms with van der Waals surface area (Å²) in [4.78, 5) is 12.4. The topological polar surface area (TPSA) is 71.6 Å². The predicted molar refractivity (Wildman–Crippen MR) is 97.0 cm³/mol. The Morgan fingerprint density at radius 3 is 2.39 bits per heavy atom. The fourth-order valence-corrected chi connectivity index (χ4v) is 3.01. The molecule has 28 heavy (non-hydrogen) atoms. The van der Waals surface area contributed by atoms with Crippen molar-refractivity contribution in [1.82, 2.24) is 10.9 Å². The number of rotatable bonds is 5. The number of methoxy groups -OCH3 is 2. The maximum absolute atomic E-state index is 12.6. The lowest BCUT2D eigenvalue weighted by Crippen LogP contribution is -2.39. The molecule has 1 fully saturated rings. The number of hydrogen-bond acceptors (Lipinski definition) is 5. The first-order valence-electron chi connectivity index (χ1n) is 8.53. The summed E-state index contributed by atoms with van der Waals surface area (Å²) < 4.78 is 48.4. The van der Waals surface area contributed by atoms with Crippen molar-refractivity contribution in [3.63, 3.8) is 0 Å². The lowest BCUT2D eigenvalue weighted by molar-refractivity contribution is -0.137. The fraction of sp³-hybridized carbons (Fsp3) is 0.316. The number of ether oxygens (including phenoxy) is 2. The standard InChI is InChI=1S/C19H20F3N3O3/c1-27-13-7-8-14(17(9-13)28-2)15-10-16(25-24-15)18(26)23-12-5-3-11(4-6-12)19(20,21)22/h3-9,15-16,24-25H,10H2,1-2H3,(H,23,26). The second kappa shape index (κ2) is 8.07. The number of anilines is 1. The van der Waals surface area contributed by atoms with Gasteiger partial charge in [0.15, 0.2) is 0 Å². The summed E-state index contributed by atoms with van der Waals surface area (Å²) in [7, 11) is 3.11. The van der Waals surface area contributed by atoms with E-state index < -0.39 is 17.8 Å². The third-order valence-corrected chi connectivity index (χ3v) is 4.52. The van der Waals surface area contributed by atoms with E-state index in [-0.39, 0.29) is 11.9 Å².